The molecular formula is C5H5N. The highest BCUT2D eigenvalue weighted by Crippen LogP contribution is 1.99. The Kier molecular flexibility index (Phi) is 0.675. The summed E-state index contributed by atoms with van der Waals surface area (Å²) in [6, 6.07) is 0. The lowest BCUT2D eigenvalue weighted by atomic mass is 10.3. The highest BCUT2D eigenvalue weighted by Gasteiger charge is 1.91. The van der Waals surface area contributed by atoms with Crippen molar-refractivity contribution in [1.82, 2.24) is 5.32 Å². The molecule has 0 aromatic rings. The smallest absolute Gasteiger partial charge is 0.122 e. The van der Waals surface area contributed by atoms with E-state index in [1.54, 1.807) is 6.20 Å². The molecular weight excluding hydrogens is 74.1 g/mol. The van der Waals surface area contributed by atoms with E-state index in [4.69, 9.17) is 0 Å². The third-order valence-electron chi connectivity index (χ3n) is 0.601. The number of nitrogens with one attached hydrogen (secondary N) is 1. The maximum Gasteiger partial charge on any atom is 0.122 e. The summed E-state index contributed by atoms with van der Waals surface area (Å²) in [7, 11) is 0. The Morgan fingerprint density at radius 2 is 2.67 bits per heavy atom. The molecule has 2 radical (unpaired) electrons. The summed E-state index contributed by atoms with van der Waals surface area (Å²) in [4.78, 5) is 0. The predicted molar refractivity (Wildman–Crippen MR) is 24.7 cm³/mol. The Morgan fingerprint density at radius 3 is 2.83 bits per heavy atom. The van der Waals surface area contributed by atoms with Crippen LogP contribution in [0.3, 0.4) is 0 Å². The Balaban J connectivity index is 2.59. The van der Waals surface area contributed by atoms with Gasteiger partial charge in [0.25, 0.3) is 0 Å². The van der Waals surface area contributed by atoms with Crippen molar-refractivity contribution in [3.05, 3.63) is 31.0 Å². The van der Waals surface area contributed by atoms with E-state index < -0.39 is 0 Å². The van der Waals surface area contributed by atoms with Gasteiger partial charge in [0.1, 0.15) is 6.54 Å². The lowest BCUT2D eigenvalue weighted by molar-refractivity contribution is 1.14. The van der Waals surface area contributed by atoms with Crippen molar-refractivity contribution in [2.45, 2.75) is 0 Å². The van der Waals surface area contributed by atoms with Crippen molar-refractivity contribution in [3.8, 4) is 0 Å². The first-order valence-electron chi connectivity index (χ1n) is 1.76. The van der Waals surface area contributed by atoms with Crippen molar-refractivity contribution >= 4 is 0 Å². The van der Waals surface area contributed by atoms with Crippen molar-refractivity contribution in [1.29, 1.82) is 0 Å². The third kappa shape index (κ3) is 0.432. The topological polar surface area (TPSA) is 12.0 Å². The lowest BCUT2D eigenvalue weighted by Crippen LogP contribution is -1.90. The highest BCUT2D eigenvalue weighted by molar-refractivity contribution is 5.27. The molecule has 0 bridgehead atoms. The first-order valence-corrected chi connectivity index (χ1v) is 1.76. The van der Waals surface area contributed by atoms with Crippen LogP contribution in [0.25, 0.3) is 0 Å². The molecule has 0 spiro atoms. The largest absolute Gasteiger partial charge is 0.377 e. The van der Waals surface area contributed by atoms with Gasteiger partial charge in [-0.05, 0) is 17.8 Å². The summed E-state index contributed by atoms with van der Waals surface area (Å²) in [6.45, 7) is 6.36. The molecule has 1 nitrogen and oxygen atoms in total. The summed E-state index contributed by atoms with van der Waals surface area (Å²) in [6.07, 6.45) is 3.66. The fraction of sp³-hybridized carbons (Fsp3) is 0. The SMILES string of the molecule is C=C1[C]NC=C1. The Labute approximate surface area is 37.4 Å². The molecule has 0 saturated heterocycles. The molecule has 0 unspecified atom stereocenters. The molecule has 0 aromatic heterocycles. The third-order valence-corrected chi connectivity index (χ3v) is 0.601. The van der Waals surface area contributed by atoms with Gasteiger partial charge in [0.15, 0.2) is 0 Å². The van der Waals surface area contributed by atoms with E-state index in [-0.39, 0.29) is 0 Å². The molecule has 1 aliphatic heterocycles. The monoisotopic (exact) mass is 79.0 g/mol. The van der Waals surface area contributed by atoms with Crippen LogP contribution < -0.4 is 5.32 Å². The van der Waals surface area contributed by atoms with Gasteiger partial charge in [0.2, 0.25) is 0 Å². The van der Waals surface area contributed by atoms with Crippen molar-refractivity contribution < 1.29 is 0 Å². The molecule has 0 atom stereocenters. The van der Waals surface area contributed by atoms with E-state index in [0.29, 0.717) is 0 Å². The van der Waals surface area contributed by atoms with Crippen LogP contribution in [0.1, 0.15) is 0 Å². The molecule has 1 aliphatic rings. The predicted octanol–water partition coefficient (Wildman–Crippen LogP) is 0.698. The second kappa shape index (κ2) is 1.17. The van der Waals surface area contributed by atoms with Crippen LogP contribution in [0.15, 0.2) is 24.4 Å². The van der Waals surface area contributed by atoms with Gasteiger partial charge in [-0.25, -0.2) is 0 Å². The minimum absolute atomic E-state index is 0.912. The van der Waals surface area contributed by atoms with Gasteiger partial charge in [-0.2, -0.15) is 0 Å². The van der Waals surface area contributed by atoms with Crippen LogP contribution in [0, 0.1) is 6.54 Å². The molecule has 1 heterocycles. The number of hydrogen-bond donors (Lipinski definition) is 1. The second-order valence-corrected chi connectivity index (χ2v) is 1.13. The van der Waals surface area contributed by atoms with Crippen molar-refractivity contribution in [2.24, 2.45) is 0 Å². The normalized spacial score (nSPS) is 18.3. The zero-order chi connectivity index (χ0) is 4.41. The molecule has 0 aliphatic carbocycles. The zero-order valence-corrected chi connectivity index (χ0v) is 3.36. The molecule has 0 saturated carbocycles. The van der Waals surface area contributed by atoms with Crippen LogP contribution >= 0.6 is 0 Å². The molecule has 0 fully saturated rings. The molecule has 1 rings (SSSR count). The summed E-state index contributed by atoms with van der Waals surface area (Å²) in [5.74, 6) is 0. The minimum Gasteiger partial charge on any atom is -0.377 e. The summed E-state index contributed by atoms with van der Waals surface area (Å²) in [5.41, 5.74) is 0.912. The molecule has 30 valence electrons. The maximum atomic E-state index is 3.59. The van der Waals surface area contributed by atoms with Crippen LogP contribution in [0.4, 0.5) is 0 Å². The van der Waals surface area contributed by atoms with Gasteiger partial charge in [-0.3, -0.25) is 0 Å². The van der Waals surface area contributed by atoms with Crippen LogP contribution in [0.2, 0.25) is 0 Å². The van der Waals surface area contributed by atoms with E-state index in [0.717, 1.165) is 5.57 Å². The summed E-state index contributed by atoms with van der Waals surface area (Å²) >= 11 is 0. The van der Waals surface area contributed by atoms with Crippen molar-refractivity contribution in [3.63, 3.8) is 0 Å². The van der Waals surface area contributed by atoms with Crippen LogP contribution in [0.5, 0.6) is 0 Å². The maximum absolute atomic E-state index is 3.59. The van der Waals surface area contributed by atoms with E-state index in [2.05, 4.69) is 18.4 Å². The first-order chi connectivity index (χ1) is 2.89. The van der Waals surface area contributed by atoms with E-state index in [9.17, 15) is 0 Å². The fourth-order valence-corrected chi connectivity index (χ4v) is 0.318. The summed E-state index contributed by atoms with van der Waals surface area (Å²) in [5, 5.41) is 2.74. The number of hydrogen-bond acceptors (Lipinski definition) is 1. The zero-order valence-electron chi connectivity index (χ0n) is 3.36. The average Bonchev–Trinajstić information content (AvgIpc) is 1.86. The first kappa shape index (κ1) is 3.47. The molecule has 0 amide bonds. The minimum atomic E-state index is 0.912. The average molecular weight is 79.1 g/mol. The molecule has 1 N–H and O–H groups in total. The molecule has 6 heavy (non-hydrogen) atoms. The quantitative estimate of drug-likeness (QED) is 0.450. The highest BCUT2D eigenvalue weighted by atomic mass is 14.8. The standard InChI is InChI=1S/C5H5N/c1-5-2-3-6-4-5/h2-3,6H,1H2. The summed E-state index contributed by atoms with van der Waals surface area (Å²) < 4.78 is 0. The Morgan fingerprint density at radius 1 is 1.83 bits per heavy atom. The fourth-order valence-electron chi connectivity index (χ4n) is 0.318. The number of rotatable bonds is 0. The lowest BCUT2D eigenvalue weighted by Gasteiger charge is -1.79. The van der Waals surface area contributed by atoms with Gasteiger partial charge < -0.3 is 5.32 Å². The molecule has 1 heteroatoms. The Bertz CT molecular complexity index is 92.1. The van der Waals surface area contributed by atoms with Crippen molar-refractivity contribution in [2.75, 3.05) is 0 Å². The van der Waals surface area contributed by atoms with E-state index in [1.165, 1.54) is 0 Å². The molecule has 0 aromatic carbocycles. The van der Waals surface area contributed by atoms with Gasteiger partial charge in [0, 0.05) is 0 Å². The van der Waals surface area contributed by atoms with Gasteiger partial charge >= 0.3 is 0 Å². The second-order valence-electron chi connectivity index (χ2n) is 1.13. The van der Waals surface area contributed by atoms with E-state index >= 15 is 0 Å². The van der Waals surface area contributed by atoms with E-state index in [1.807, 2.05) is 6.08 Å². The van der Waals surface area contributed by atoms with Crippen LogP contribution in [-0.4, -0.2) is 0 Å². The van der Waals surface area contributed by atoms with Gasteiger partial charge in [-0.15, -0.1) is 0 Å². The van der Waals surface area contributed by atoms with Gasteiger partial charge in [-0.1, -0.05) is 6.58 Å². The van der Waals surface area contributed by atoms with Crippen LogP contribution in [-0.2, 0) is 0 Å². The Hall–Kier alpha value is -0.720. The van der Waals surface area contributed by atoms with Gasteiger partial charge in [0.05, 0.1) is 0 Å².